The van der Waals surface area contributed by atoms with Crippen molar-refractivity contribution < 1.29 is 39.1 Å². The molecule has 1 aromatic carbocycles. The number of fused-ring (bicyclic) bond motifs is 2. The van der Waals surface area contributed by atoms with Crippen molar-refractivity contribution in [3.8, 4) is 0 Å². The monoisotopic (exact) mass is 504 g/mol. The van der Waals surface area contributed by atoms with Gasteiger partial charge >= 0.3 is 11.9 Å². The van der Waals surface area contributed by atoms with E-state index in [9.17, 15) is 19.8 Å². The largest absolute Gasteiger partial charge is 0.481 e. The first-order valence-corrected chi connectivity index (χ1v) is 12.8. The Bertz CT molecular complexity index is 898. The predicted molar refractivity (Wildman–Crippen MR) is 133 cm³/mol. The van der Waals surface area contributed by atoms with Gasteiger partial charge in [0.05, 0.1) is 55.6 Å². The summed E-state index contributed by atoms with van der Waals surface area (Å²) in [6.45, 7) is 6.78. The number of rotatable bonds is 14. The first-order valence-electron chi connectivity index (χ1n) is 12.8. The molecule has 2 aliphatic rings. The van der Waals surface area contributed by atoms with Crippen LogP contribution in [0.3, 0.4) is 0 Å². The first-order chi connectivity index (χ1) is 17.1. The normalized spacial score (nSPS) is 27.3. The van der Waals surface area contributed by atoms with Crippen LogP contribution in [0.15, 0.2) is 42.5 Å². The molecular weight excluding hydrogens is 464 g/mol. The zero-order valence-corrected chi connectivity index (χ0v) is 21.5. The number of aliphatic carboxylic acids is 1. The van der Waals surface area contributed by atoms with E-state index in [4.69, 9.17) is 19.3 Å². The quantitative estimate of drug-likeness (QED) is 0.260. The third-order valence-corrected chi connectivity index (χ3v) is 7.59. The van der Waals surface area contributed by atoms with Crippen LogP contribution in [0.2, 0.25) is 0 Å². The third-order valence-electron chi connectivity index (χ3n) is 7.59. The van der Waals surface area contributed by atoms with Gasteiger partial charge in [-0.15, -0.1) is 0 Å². The van der Waals surface area contributed by atoms with E-state index in [0.717, 1.165) is 12.0 Å². The number of benzene rings is 1. The van der Waals surface area contributed by atoms with Crippen molar-refractivity contribution in [3.63, 3.8) is 0 Å². The van der Waals surface area contributed by atoms with Crippen molar-refractivity contribution in [1.29, 1.82) is 0 Å². The number of carbonyl (C=O) groups is 2. The lowest BCUT2D eigenvalue weighted by Gasteiger charge is -2.35. The zero-order chi connectivity index (χ0) is 26.3. The molecule has 2 heterocycles. The Hall–Kier alpha value is -2.26. The van der Waals surface area contributed by atoms with Gasteiger partial charge in [0.2, 0.25) is 0 Å². The predicted octanol–water partition coefficient (Wildman–Crippen LogP) is 3.49. The van der Waals surface area contributed by atoms with Gasteiger partial charge in [-0.2, -0.15) is 0 Å². The van der Waals surface area contributed by atoms with Crippen LogP contribution < -0.4 is 0 Å². The molecule has 1 unspecified atom stereocenters. The molecule has 2 bridgehead atoms. The minimum Gasteiger partial charge on any atom is -0.481 e. The Morgan fingerprint density at radius 3 is 2.61 bits per heavy atom. The van der Waals surface area contributed by atoms with Gasteiger partial charge in [0.1, 0.15) is 0 Å². The van der Waals surface area contributed by atoms with Crippen LogP contribution in [0.1, 0.15) is 58.4 Å². The minimum absolute atomic E-state index is 0.0133. The topological polar surface area (TPSA) is 123 Å². The molecule has 0 saturated carbocycles. The second-order valence-corrected chi connectivity index (χ2v) is 10.7. The maximum Gasteiger partial charge on any atom is 0.311 e. The van der Waals surface area contributed by atoms with Gasteiger partial charge in [-0.05, 0) is 38.7 Å². The Morgan fingerprint density at radius 2 is 1.94 bits per heavy atom. The Labute approximate surface area is 213 Å². The Balaban J connectivity index is 1.71. The number of carboxylic acid groups (broad SMARTS) is 1. The summed E-state index contributed by atoms with van der Waals surface area (Å²) in [6, 6.07) is 9.91. The summed E-state index contributed by atoms with van der Waals surface area (Å²) in [5.41, 5.74) is -0.232. The van der Waals surface area contributed by atoms with E-state index in [1.807, 2.05) is 57.2 Å². The third kappa shape index (κ3) is 7.16. The zero-order valence-electron chi connectivity index (χ0n) is 21.5. The number of ether oxygens (including phenoxy) is 3. The molecular formula is C28H40O8. The van der Waals surface area contributed by atoms with Crippen LogP contribution in [-0.2, 0) is 30.4 Å². The van der Waals surface area contributed by atoms with E-state index in [1.165, 1.54) is 0 Å². The number of aliphatic hydroxyl groups excluding tert-OH is 2. The molecule has 0 aromatic heterocycles. The van der Waals surface area contributed by atoms with Gasteiger partial charge in [0, 0.05) is 18.3 Å². The fourth-order valence-electron chi connectivity index (χ4n) is 5.01. The lowest BCUT2D eigenvalue weighted by molar-refractivity contribution is -0.157. The highest BCUT2D eigenvalue weighted by molar-refractivity contribution is 5.75. The average Bonchev–Trinajstić information content (AvgIpc) is 3.38. The number of hydrogen-bond donors (Lipinski definition) is 3. The van der Waals surface area contributed by atoms with Crippen LogP contribution in [0.5, 0.6) is 0 Å². The Kier molecular flexibility index (Phi) is 9.69. The Morgan fingerprint density at radius 1 is 1.22 bits per heavy atom. The van der Waals surface area contributed by atoms with Gasteiger partial charge in [-0.25, -0.2) is 0 Å². The number of carbonyl (C=O) groups excluding carboxylic acids is 1. The molecule has 0 aliphatic carbocycles. The summed E-state index contributed by atoms with van der Waals surface area (Å²) in [6.07, 6.45) is 2.84. The average molecular weight is 505 g/mol. The second-order valence-electron chi connectivity index (χ2n) is 10.7. The van der Waals surface area contributed by atoms with E-state index in [1.54, 1.807) is 6.08 Å². The molecule has 2 saturated heterocycles. The number of esters is 1. The smallest absolute Gasteiger partial charge is 0.311 e. The van der Waals surface area contributed by atoms with Crippen molar-refractivity contribution >= 4 is 11.9 Å². The highest BCUT2D eigenvalue weighted by Gasteiger charge is 2.58. The molecule has 8 nitrogen and oxygen atoms in total. The van der Waals surface area contributed by atoms with Crippen molar-refractivity contribution in [2.45, 2.75) is 83.4 Å². The van der Waals surface area contributed by atoms with Crippen molar-refractivity contribution in [2.24, 2.45) is 17.3 Å². The van der Waals surface area contributed by atoms with Crippen LogP contribution >= 0.6 is 0 Å². The summed E-state index contributed by atoms with van der Waals surface area (Å²) in [7, 11) is 0. The minimum atomic E-state index is -1.15. The summed E-state index contributed by atoms with van der Waals surface area (Å²) < 4.78 is 18.3. The van der Waals surface area contributed by atoms with Crippen molar-refractivity contribution in [2.75, 3.05) is 13.2 Å². The van der Waals surface area contributed by atoms with Gasteiger partial charge in [-0.1, -0.05) is 49.4 Å². The van der Waals surface area contributed by atoms with Crippen molar-refractivity contribution in [1.82, 2.24) is 0 Å². The van der Waals surface area contributed by atoms with Crippen LogP contribution in [0, 0.1) is 17.3 Å². The van der Waals surface area contributed by atoms with E-state index in [2.05, 4.69) is 0 Å². The highest BCUT2D eigenvalue weighted by atomic mass is 16.6. The molecule has 200 valence electrons. The van der Waals surface area contributed by atoms with Crippen LogP contribution in [0.4, 0.5) is 0 Å². The summed E-state index contributed by atoms with van der Waals surface area (Å²) in [5, 5.41) is 29.1. The standard InChI is InChI=1S/C28H40O8/c1-4-27(2,3)26(33)35-18-23-22(17-34-16-19-8-6-5-7-9-19)24-11-13-28(23,36-24)12-10-20(29)14-21(30)15-25(31)32/h5-10,12,20-24,29-30H,4,11,13-18H2,1-3H3,(H,31,32)/t20-,21-,22?,23-,24-,28+/m1/s1. The number of hydrogen-bond acceptors (Lipinski definition) is 7. The van der Waals surface area contributed by atoms with Gasteiger partial charge in [0.25, 0.3) is 0 Å². The number of aliphatic hydroxyl groups is 2. The SMILES string of the molecule is CCC(C)(C)C(=O)OC[C@@H]1C(COCc2ccccc2)[C@H]2CC[C@]1(C=C[C@@H](O)C[C@@H](O)CC(=O)O)O2. The molecule has 0 amide bonds. The molecule has 2 aliphatic heterocycles. The molecule has 2 fully saturated rings. The molecule has 0 spiro atoms. The fourth-order valence-corrected chi connectivity index (χ4v) is 5.01. The maximum absolute atomic E-state index is 12.7. The molecule has 6 atom stereocenters. The van der Waals surface area contributed by atoms with Gasteiger partial charge < -0.3 is 29.5 Å². The van der Waals surface area contributed by atoms with E-state index in [-0.39, 0.29) is 36.9 Å². The molecule has 8 heteroatoms. The molecule has 1 aromatic rings. The van der Waals surface area contributed by atoms with Crippen LogP contribution in [0.25, 0.3) is 0 Å². The van der Waals surface area contributed by atoms with E-state index in [0.29, 0.717) is 26.1 Å². The van der Waals surface area contributed by atoms with Gasteiger partial charge in [-0.3, -0.25) is 9.59 Å². The first kappa shape index (κ1) is 28.3. The molecule has 3 N–H and O–H groups in total. The van der Waals surface area contributed by atoms with Gasteiger partial charge in [0.15, 0.2) is 0 Å². The lowest BCUT2D eigenvalue weighted by atomic mass is 9.72. The summed E-state index contributed by atoms with van der Waals surface area (Å²) in [4.78, 5) is 23.5. The lowest BCUT2D eigenvalue weighted by Crippen LogP contribution is -2.42. The van der Waals surface area contributed by atoms with E-state index < -0.39 is 35.6 Å². The van der Waals surface area contributed by atoms with E-state index >= 15 is 0 Å². The number of carboxylic acids is 1. The maximum atomic E-state index is 12.7. The highest BCUT2D eigenvalue weighted by Crippen LogP contribution is 2.52. The fraction of sp³-hybridized carbons (Fsp3) is 0.643. The summed E-state index contributed by atoms with van der Waals surface area (Å²) in [5.74, 6) is -1.52. The molecule has 36 heavy (non-hydrogen) atoms. The molecule has 3 rings (SSSR count). The molecule has 0 radical (unpaired) electrons. The second kappa shape index (κ2) is 12.3. The summed E-state index contributed by atoms with van der Waals surface area (Å²) >= 11 is 0. The van der Waals surface area contributed by atoms with Crippen molar-refractivity contribution in [3.05, 3.63) is 48.0 Å². The van der Waals surface area contributed by atoms with Crippen LogP contribution in [-0.4, -0.2) is 64.4 Å².